The summed E-state index contributed by atoms with van der Waals surface area (Å²) >= 11 is 0. The molecule has 1 heterocycles. The Kier molecular flexibility index (Phi) is 9.17. The summed E-state index contributed by atoms with van der Waals surface area (Å²) in [7, 11) is 1.70. The molecule has 1 saturated heterocycles. The summed E-state index contributed by atoms with van der Waals surface area (Å²) in [6.07, 6.45) is 1.56. The fourth-order valence-electron chi connectivity index (χ4n) is 3.02. The Morgan fingerprint density at radius 2 is 2.00 bits per heavy atom. The zero-order valence-electron chi connectivity index (χ0n) is 16.4. The molecule has 0 unspecified atom stereocenters. The van der Waals surface area contributed by atoms with Gasteiger partial charge >= 0.3 is 0 Å². The van der Waals surface area contributed by atoms with E-state index in [-0.39, 0.29) is 35.7 Å². The molecule has 0 aliphatic carbocycles. The molecule has 0 aromatic heterocycles. The second-order valence-corrected chi connectivity index (χ2v) is 6.47. The van der Waals surface area contributed by atoms with Crippen molar-refractivity contribution in [2.45, 2.75) is 19.4 Å². The molecule has 29 heavy (non-hydrogen) atoms. The maximum atomic E-state index is 13.1. The van der Waals surface area contributed by atoms with Crippen molar-refractivity contribution < 1.29 is 13.9 Å². The van der Waals surface area contributed by atoms with Gasteiger partial charge in [0.15, 0.2) is 5.96 Å². The first kappa shape index (κ1) is 22.9. The number of nitrogens with one attached hydrogen (secondary N) is 2. The molecule has 1 fully saturated rings. The fourth-order valence-corrected chi connectivity index (χ4v) is 3.02. The van der Waals surface area contributed by atoms with Gasteiger partial charge in [-0.25, -0.2) is 4.39 Å². The van der Waals surface area contributed by atoms with E-state index in [9.17, 15) is 9.18 Å². The number of rotatable bonds is 7. The molecule has 0 atom stereocenters. The third kappa shape index (κ3) is 6.88. The van der Waals surface area contributed by atoms with E-state index >= 15 is 0 Å². The first-order valence-electron chi connectivity index (χ1n) is 9.38. The van der Waals surface area contributed by atoms with E-state index in [1.54, 1.807) is 19.2 Å². The first-order chi connectivity index (χ1) is 13.7. The normalized spacial score (nSPS) is 13.8. The summed E-state index contributed by atoms with van der Waals surface area (Å²) in [5, 5.41) is 6.39. The summed E-state index contributed by atoms with van der Waals surface area (Å²) in [5.41, 5.74) is 2.04. The fraction of sp³-hybridized carbons (Fsp3) is 0.333. The molecule has 3 rings (SSSR count). The second-order valence-electron chi connectivity index (χ2n) is 6.47. The highest BCUT2D eigenvalue weighted by Gasteiger charge is 2.21. The molecule has 1 amide bonds. The number of nitrogens with zero attached hydrogens (tertiary/aromatic N) is 2. The van der Waals surface area contributed by atoms with Gasteiger partial charge in [0.05, 0.1) is 6.54 Å². The third-order valence-electron chi connectivity index (χ3n) is 4.46. The predicted octanol–water partition coefficient (Wildman–Crippen LogP) is 3.31. The van der Waals surface area contributed by atoms with Gasteiger partial charge in [-0.15, -0.1) is 24.0 Å². The molecule has 0 bridgehead atoms. The van der Waals surface area contributed by atoms with Crippen LogP contribution in [0.4, 0.5) is 10.1 Å². The number of hydrogen-bond acceptors (Lipinski definition) is 3. The van der Waals surface area contributed by atoms with Gasteiger partial charge in [-0.3, -0.25) is 9.79 Å². The van der Waals surface area contributed by atoms with Gasteiger partial charge in [-0.05, 0) is 36.2 Å². The van der Waals surface area contributed by atoms with Crippen LogP contribution in [-0.4, -0.2) is 38.6 Å². The molecule has 2 N–H and O–H groups in total. The Labute approximate surface area is 187 Å². The summed E-state index contributed by atoms with van der Waals surface area (Å²) in [4.78, 5) is 17.8. The van der Waals surface area contributed by atoms with Crippen LogP contribution in [-0.2, 0) is 11.3 Å². The van der Waals surface area contributed by atoms with E-state index < -0.39 is 0 Å². The molecule has 6 nitrogen and oxygen atoms in total. The largest absolute Gasteiger partial charge is 0.492 e. The Hall–Kier alpha value is -2.36. The minimum atomic E-state index is -0.317. The summed E-state index contributed by atoms with van der Waals surface area (Å²) in [6.45, 7) is 2.33. The van der Waals surface area contributed by atoms with E-state index in [1.807, 2.05) is 29.2 Å². The number of amides is 1. The van der Waals surface area contributed by atoms with Crippen LogP contribution in [0, 0.1) is 5.82 Å². The molecular formula is C21H26FIN4O2. The number of guanidine groups is 1. The van der Waals surface area contributed by atoms with Crippen LogP contribution in [0.5, 0.6) is 5.75 Å². The van der Waals surface area contributed by atoms with Crippen LogP contribution in [0.3, 0.4) is 0 Å². The maximum absolute atomic E-state index is 13.1. The minimum absolute atomic E-state index is 0. The topological polar surface area (TPSA) is 66.0 Å². The lowest BCUT2D eigenvalue weighted by Gasteiger charge is -2.16. The van der Waals surface area contributed by atoms with Crippen molar-refractivity contribution in [2.24, 2.45) is 4.99 Å². The highest BCUT2D eigenvalue weighted by molar-refractivity contribution is 14.0. The van der Waals surface area contributed by atoms with Crippen molar-refractivity contribution in [3.63, 3.8) is 0 Å². The van der Waals surface area contributed by atoms with Crippen LogP contribution in [0.15, 0.2) is 53.5 Å². The molecule has 1 aliphatic rings. The number of benzene rings is 2. The van der Waals surface area contributed by atoms with Gasteiger partial charge in [-0.1, -0.05) is 18.2 Å². The van der Waals surface area contributed by atoms with E-state index in [1.165, 1.54) is 12.1 Å². The predicted molar refractivity (Wildman–Crippen MR) is 124 cm³/mol. The van der Waals surface area contributed by atoms with Gasteiger partial charge in [0.1, 0.15) is 18.2 Å². The lowest BCUT2D eigenvalue weighted by atomic mass is 10.2. The lowest BCUT2D eigenvalue weighted by Crippen LogP contribution is -2.38. The highest BCUT2D eigenvalue weighted by Crippen LogP contribution is 2.21. The molecule has 0 spiro atoms. The molecule has 0 radical (unpaired) electrons. The zero-order chi connectivity index (χ0) is 19.8. The number of anilines is 1. The van der Waals surface area contributed by atoms with Gasteiger partial charge in [0, 0.05) is 38.3 Å². The average molecular weight is 512 g/mol. The van der Waals surface area contributed by atoms with Crippen LogP contribution in [0.25, 0.3) is 0 Å². The summed E-state index contributed by atoms with van der Waals surface area (Å²) in [6, 6.07) is 14.0. The number of carbonyl (C=O) groups excluding carboxylic acids is 1. The maximum Gasteiger partial charge on any atom is 0.227 e. The van der Waals surface area contributed by atoms with Crippen LogP contribution < -0.4 is 20.3 Å². The van der Waals surface area contributed by atoms with E-state index in [4.69, 9.17) is 4.74 Å². The van der Waals surface area contributed by atoms with Crippen molar-refractivity contribution in [3.05, 3.63) is 59.9 Å². The molecule has 0 saturated carbocycles. The lowest BCUT2D eigenvalue weighted by molar-refractivity contribution is -0.117. The van der Waals surface area contributed by atoms with Gasteiger partial charge in [0.2, 0.25) is 5.91 Å². The SMILES string of the molecule is CN=C(NCCOc1cccc(F)c1)NCc1ccc(N2CCCC2=O)cc1.I. The summed E-state index contributed by atoms with van der Waals surface area (Å²) < 4.78 is 18.6. The summed E-state index contributed by atoms with van der Waals surface area (Å²) in [5.74, 6) is 1.03. The molecular weight excluding hydrogens is 486 g/mol. The van der Waals surface area contributed by atoms with Gasteiger partial charge in [-0.2, -0.15) is 0 Å². The third-order valence-corrected chi connectivity index (χ3v) is 4.46. The van der Waals surface area contributed by atoms with Crippen molar-refractivity contribution in [3.8, 4) is 5.75 Å². The quantitative estimate of drug-likeness (QED) is 0.259. The Bertz CT molecular complexity index is 830. The number of carbonyl (C=O) groups is 1. The van der Waals surface area contributed by atoms with E-state index in [2.05, 4.69) is 15.6 Å². The Morgan fingerprint density at radius 1 is 1.21 bits per heavy atom. The monoisotopic (exact) mass is 512 g/mol. The molecule has 2 aromatic rings. The smallest absolute Gasteiger partial charge is 0.227 e. The van der Waals surface area contributed by atoms with Crippen LogP contribution in [0.2, 0.25) is 0 Å². The van der Waals surface area contributed by atoms with Crippen LogP contribution in [0.1, 0.15) is 18.4 Å². The highest BCUT2D eigenvalue weighted by atomic mass is 127. The first-order valence-corrected chi connectivity index (χ1v) is 9.38. The van der Waals surface area contributed by atoms with Gasteiger partial charge < -0.3 is 20.3 Å². The Balaban J connectivity index is 0.00000300. The standard InChI is InChI=1S/C21H25FN4O2.HI/c1-23-21(24-11-13-28-19-5-2-4-17(22)14-19)25-15-16-7-9-18(10-8-16)26-12-3-6-20(26)27;/h2,4-5,7-10,14H,3,6,11-13,15H2,1H3,(H2,23,24,25);1H. The number of ether oxygens (including phenoxy) is 1. The average Bonchev–Trinajstić information content (AvgIpc) is 3.14. The van der Waals surface area contributed by atoms with Crippen molar-refractivity contribution >= 4 is 41.5 Å². The Morgan fingerprint density at radius 3 is 2.66 bits per heavy atom. The molecule has 8 heteroatoms. The molecule has 1 aliphatic heterocycles. The number of hydrogen-bond donors (Lipinski definition) is 2. The minimum Gasteiger partial charge on any atom is -0.492 e. The second kappa shape index (κ2) is 11.6. The van der Waals surface area contributed by atoms with E-state index in [0.717, 1.165) is 24.2 Å². The molecule has 156 valence electrons. The zero-order valence-corrected chi connectivity index (χ0v) is 18.7. The van der Waals surface area contributed by atoms with E-state index in [0.29, 0.717) is 37.8 Å². The van der Waals surface area contributed by atoms with Crippen LogP contribution >= 0.6 is 24.0 Å². The molecule has 2 aromatic carbocycles. The van der Waals surface area contributed by atoms with Crippen molar-refractivity contribution in [1.82, 2.24) is 10.6 Å². The number of aliphatic imine (C=N–C) groups is 1. The van der Waals surface area contributed by atoms with Crippen molar-refractivity contribution in [1.29, 1.82) is 0 Å². The van der Waals surface area contributed by atoms with Crippen molar-refractivity contribution in [2.75, 3.05) is 31.6 Å². The van der Waals surface area contributed by atoms with Gasteiger partial charge in [0.25, 0.3) is 0 Å². The number of halogens is 2.